The number of rotatable bonds is 9. The summed E-state index contributed by atoms with van der Waals surface area (Å²) in [6.07, 6.45) is 1.96. The Kier molecular flexibility index (Phi) is 7.91. The number of nitrogens with one attached hydrogen (secondary N) is 1. The lowest BCUT2D eigenvalue weighted by molar-refractivity contribution is -0.136. The van der Waals surface area contributed by atoms with Crippen LogP contribution in [0.1, 0.15) is 26.7 Å². The van der Waals surface area contributed by atoms with Crippen LogP contribution in [-0.2, 0) is 19.6 Å². The number of methoxy groups -OCH3 is 1. The van der Waals surface area contributed by atoms with E-state index in [1.54, 1.807) is 36.1 Å². The number of amides is 1. The fraction of sp³-hybridized carbons (Fsp3) is 0.632. The number of piperidine rings is 1. The third-order valence-electron chi connectivity index (χ3n) is 4.62. The monoisotopic (exact) mass is 398 g/mol. The van der Waals surface area contributed by atoms with Gasteiger partial charge < -0.3 is 14.4 Å². The number of hydrogen-bond donors (Lipinski definition) is 1. The van der Waals surface area contributed by atoms with Gasteiger partial charge >= 0.3 is 0 Å². The summed E-state index contributed by atoms with van der Waals surface area (Å²) in [5.41, 5.74) is 0.420. The van der Waals surface area contributed by atoms with Crippen LogP contribution < -0.4 is 9.46 Å². The van der Waals surface area contributed by atoms with Crippen LogP contribution in [0.5, 0.6) is 5.75 Å². The van der Waals surface area contributed by atoms with Crippen molar-refractivity contribution in [1.29, 1.82) is 0 Å². The zero-order chi connectivity index (χ0) is 19.9. The molecule has 1 aliphatic rings. The Balaban J connectivity index is 1.93. The maximum atomic E-state index is 12.7. The second-order valence-electron chi connectivity index (χ2n) is 6.97. The topological polar surface area (TPSA) is 84.9 Å². The number of carbonyl (C=O) groups excluding carboxylic acids is 1. The minimum Gasteiger partial charge on any atom is -0.497 e. The van der Waals surface area contributed by atoms with Crippen molar-refractivity contribution < 1.29 is 22.7 Å². The summed E-state index contributed by atoms with van der Waals surface area (Å²) < 4.78 is 38.0. The molecule has 1 saturated heterocycles. The summed E-state index contributed by atoms with van der Waals surface area (Å²) in [6.45, 7) is 6.23. The van der Waals surface area contributed by atoms with Gasteiger partial charge in [0.2, 0.25) is 15.9 Å². The molecule has 0 saturated carbocycles. The van der Waals surface area contributed by atoms with E-state index in [0.717, 1.165) is 12.8 Å². The molecule has 2 atom stereocenters. The molecule has 0 spiro atoms. The van der Waals surface area contributed by atoms with E-state index in [1.807, 2.05) is 6.92 Å². The van der Waals surface area contributed by atoms with Crippen molar-refractivity contribution in [3.63, 3.8) is 0 Å². The van der Waals surface area contributed by atoms with Gasteiger partial charge in [-0.3, -0.25) is 9.52 Å². The largest absolute Gasteiger partial charge is 0.497 e. The Hall–Kier alpha value is -1.80. The number of carbonyl (C=O) groups is 1. The second-order valence-corrected chi connectivity index (χ2v) is 8.74. The smallest absolute Gasteiger partial charge is 0.233 e. The van der Waals surface area contributed by atoms with E-state index in [1.165, 1.54) is 7.11 Å². The Bertz CT molecular complexity index is 723. The molecule has 1 fully saturated rings. The lowest BCUT2D eigenvalue weighted by Crippen LogP contribution is -2.45. The Labute approximate surface area is 162 Å². The Morgan fingerprint density at radius 2 is 2.19 bits per heavy atom. The summed E-state index contributed by atoms with van der Waals surface area (Å²) in [7, 11) is -2.13. The highest BCUT2D eigenvalue weighted by molar-refractivity contribution is 7.92. The number of hydrogen-bond acceptors (Lipinski definition) is 5. The average molecular weight is 399 g/mol. The summed E-state index contributed by atoms with van der Waals surface area (Å²) in [5, 5.41) is 0. The van der Waals surface area contributed by atoms with Gasteiger partial charge in [-0.25, -0.2) is 8.42 Å². The number of anilines is 1. The first-order valence-corrected chi connectivity index (χ1v) is 11.0. The van der Waals surface area contributed by atoms with Crippen molar-refractivity contribution in [2.45, 2.75) is 26.7 Å². The minimum absolute atomic E-state index is 0.118. The number of benzene rings is 1. The molecule has 8 heteroatoms. The van der Waals surface area contributed by atoms with Crippen LogP contribution in [0.25, 0.3) is 0 Å². The van der Waals surface area contributed by atoms with Crippen molar-refractivity contribution in [3.05, 3.63) is 24.3 Å². The van der Waals surface area contributed by atoms with Crippen molar-refractivity contribution >= 4 is 21.6 Å². The van der Waals surface area contributed by atoms with Crippen LogP contribution in [0.3, 0.4) is 0 Å². The molecule has 0 aromatic heterocycles. The maximum Gasteiger partial charge on any atom is 0.233 e. The molecular weight excluding hydrogens is 368 g/mol. The summed E-state index contributed by atoms with van der Waals surface area (Å²) in [5.74, 6) is -0.101. The van der Waals surface area contributed by atoms with E-state index < -0.39 is 15.9 Å². The zero-order valence-electron chi connectivity index (χ0n) is 16.3. The molecule has 152 valence electrons. The van der Waals surface area contributed by atoms with Gasteiger partial charge in [0.05, 0.1) is 31.1 Å². The van der Waals surface area contributed by atoms with E-state index in [4.69, 9.17) is 9.47 Å². The molecule has 0 aliphatic carbocycles. The highest BCUT2D eigenvalue weighted by Gasteiger charge is 2.29. The number of nitrogens with zero attached hydrogens (tertiary/aromatic N) is 1. The van der Waals surface area contributed by atoms with Crippen molar-refractivity contribution in [1.82, 2.24) is 4.90 Å². The van der Waals surface area contributed by atoms with Crippen LogP contribution in [0.2, 0.25) is 0 Å². The highest BCUT2D eigenvalue weighted by Crippen LogP contribution is 2.21. The van der Waals surface area contributed by atoms with E-state index >= 15 is 0 Å². The summed E-state index contributed by atoms with van der Waals surface area (Å²) >= 11 is 0. The van der Waals surface area contributed by atoms with Crippen molar-refractivity contribution in [2.75, 3.05) is 43.9 Å². The van der Waals surface area contributed by atoms with Crippen molar-refractivity contribution in [3.8, 4) is 5.75 Å². The molecule has 7 nitrogen and oxygen atoms in total. The summed E-state index contributed by atoms with van der Waals surface area (Å²) in [6, 6.07) is 6.69. The first-order chi connectivity index (χ1) is 12.8. The van der Waals surface area contributed by atoms with Crippen LogP contribution in [-0.4, -0.2) is 58.4 Å². The van der Waals surface area contributed by atoms with Gasteiger partial charge in [-0.2, -0.15) is 0 Å². The first-order valence-electron chi connectivity index (χ1n) is 9.35. The minimum atomic E-state index is -3.65. The zero-order valence-corrected chi connectivity index (χ0v) is 17.1. The van der Waals surface area contributed by atoms with Gasteiger partial charge in [0.1, 0.15) is 5.75 Å². The van der Waals surface area contributed by atoms with Gasteiger partial charge in [0.15, 0.2) is 0 Å². The molecule has 27 heavy (non-hydrogen) atoms. The predicted octanol–water partition coefficient (Wildman–Crippen LogP) is 2.35. The fourth-order valence-electron chi connectivity index (χ4n) is 3.31. The third-order valence-corrected chi connectivity index (χ3v) is 6.11. The molecule has 1 aliphatic heterocycles. The molecule has 1 aromatic rings. The average Bonchev–Trinajstić information content (AvgIpc) is 2.65. The lowest BCUT2D eigenvalue weighted by Gasteiger charge is -2.34. The quantitative estimate of drug-likeness (QED) is 0.690. The highest BCUT2D eigenvalue weighted by atomic mass is 32.2. The summed E-state index contributed by atoms with van der Waals surface area (Å²) in [4.78, 5) is 14.5. The van der Waals surface area contributed by atoms with Gasteiger partial charge in [-0.05, 0) is 37.8 Å². The predicted molar refractivity (Wildman–Crippen MR) is 105 cm³/mol. The van der Waals surface area contributed by atoms with Crippen LogP contribution in [0, 0.1) is 11.8 Å². The molecule has 1 heterocycles. The van der Waals surface area contributed by atoms with Crippen LogP contribution in [0.15, 0.2) is 24.3 Å². The SMILES string of the molecule is CCOCC1CCCN(C(=O)C(C)CS(=O)(=O)Nc2cccc(OC)c2)C1. The standard InChI is InChI=1S/C19H30N2O5S/c1-4-26-13-16-7-6-10-21(12-16)19(22)15(2)14-27(23,24)20-17-8-5-9-18(11-17)25-3/h5,8-9,11,15-16,20H,4,6-7,10,12-14H2,1-3H3. The number of likely N-dealkylation sites (tertiary alicyclic amines) is 1. The van der Waals surface area contributed by atoms with Gasteiger partial charge in [0.25, 0.3) is 0 Å². The molecule has 2 rings (SSSR count). The van der Waals surface area contributed by atoms with Crippen LogP contribution in [0.4, 0.5) is 5.69 Å². The fourth-order valence-corrected chi connectivity index (χ4v) is 4.68. The molecule has 0 bridgehead atoms. The normalized spacial score (nSPS) is 18.8. The third kappa shape index (κ3) is 6.70. The Morgan fingerprint density at radius 3 is 2.89 bits per heavy atom. The van der Waals surface area contributed by atoms with Gasteiger partial charge in [-0.1, -0.05) is 13.0 Å². The number of sulfonamides is 1. The van der Waals surface area contributed by atoms with E-state index in [0.29, 0.717) is 43.7 Å². The molecule has 1 aromatic carbocycles. The van der Waals surface area contributed by atoms with E-state index in [9.17, 15) is 13.2 Å². The molecule has 0 radical (unpaired) electrons. The van der Waals surface area contributed by atoms with Gasteiger partial charge in [-0.15, -0.1) is 0 Å². The van der Waals surface area contributed by atoms with Crippen molar-refractivity contribution in [2.24, 2.45) is 11.8 Å². The number of ether oxygens (including phenoxy) is 2. The maximum absolute atomic E-state index is 12.7. The first kappa shape index (κ1) is 21.5. The lowest BCUT2D eigenvalue weighted by atomic mass is 9.98. The second kappa shape index (κ2) is 9.94. The Morgan fingerprint density at radius 1 is 1.41 bits per heavy atom. The molecule has 1 amide bonds. The van der Waals surface area contributed by atoms with Gasteiger partial charge in [0, 0.05) is 25.8 Å². The molecule has 1 N–H and O–H groups in total. The van der Waals surface area contributed by atoms with E-state index in [2.05, 4.69) is 4.72 Å². The van der Waals surface area contributed by atoms with Crippen LogP contribution >= 0.6 is 0 Å². The van der Waals surface area contributed by atoms with E-state index in [-0.39, 0.29) is 11.7 Å². The molecule has 2 unspecified atom stereocenters. The molecular formula is C19H30N2O5S.